The van der Waals surface area contributed by atoms with Crippen LogP contribution in [0, 0.1) is 11.6 Å². The second-order valence-electron chi connectivity index (χ2n) is 4.90. The highest BCUT2D eigenvalue weighted by Gasteiger charge is 2.16. The first-order chi connectivity index (χ1) is 11.5. The summed E-state index contributed by atoms with van der Waals surface area (Å²) in [5.41, 5.74) is 0.309. The Kier molecular flexibility index (Phi) is 4.24. The molecule has 0 fully saturated rings. The molecule has 24 heavy (non-hydrogen) atoms. The number of halogens is 2. The number of carbonyl (C=O) groups excluding carboxylic acids is 2. The molecule has 5 nitrogen and oxygen atoms in total. The molecule has 0 bridgehead atoms. The number of para-hydroxylation sites is 1. The van der Waals surface area contributed by atoms with Gasteiger partial charge in [0.2, 0.25) is 5.76 Å². The van der Waals surface area contributed by atoms with Crippen LogP contribution in [-0.2, 0) is 9.53 Å². The average Bonchev–Trinajstić information content (AvgIpc) is 2.99. The van der Waals surface area contributed by atoms with E-state index in [2.05, 4.69) is 5.32 Å². The van der Waals surface area contributed by atoms with Gasteiger partial charge in [-0.1, -0.05) is 18.2 Å². The summed E-state index contributed by atoms with van der Waals surface area (Å²) in [6, 6.07) is 11.2. The van der Waals surface area contributed by atoms with E-state index in [1.807, 2.05) is 0 Å². The lowest BCUT2D eigenvalue weighted by molar-refractivity contribution is -0.119. The number of esters is 1. The molecule has 2 aromatic carbocycles. The Labute approximate surface area is 134 Å². The van der Waals surface area contributed by atoms with Gasteiger partial charge in [0.1, 0.15) is 17.2 Å². The van der Waals surface area contributed by atoms with Crippen LogP contribution < -0.4 is 5.32 Å². The van der Waals surface area contributed by atoms with E-state index >= 15 is 0 Å². The van der Waals surface area contributed by atoms with E-state index < -0.39 is 30.1 Å². The Morgan fingerprint density at radius 1 is 1.08 bits per heavy atom. The summed E-state index contributed by atoms with van der Waals surface area (Å²) in [4.78, 5) is 23.5. The highest BCUT2D eigenvalue weighted by molar-refractivity contribution is 5.96. The number of nitrogens with one attached hydrogen (secondary N) is 1. The van der Waals surface area contributed by atoms with Crippen LogP contribution in [0.5, 0.6) is 0 Å². The smallest absolute Gasteiger partial charge is 0.374 e. The van der Waals surface area contributed by atoms with Crippen molar-refractivity contribution in [3.05, 3.63) is 65.9 Å². The molecular formula is C17H11F2NO4. The fourth-order valence-electron chi connectivity index (χ4n) is 2.06. The lowest BCUT2D eigenvalue weighted by atomic mass is 10.2. The Balaban J connectivity index is 1.60. The summed E-state index contributed by atoms with van der Waals surface area (Å²) in [7, 11) is 0. The number of ether oxygens (including phenoxy) is 1. The Morgan fingerprint density at radius 2 is 1.88 bits per heavy atom. The predicted molar refractivity (Wildman–Crippen MR) is 81.5 cm³/mol. The largest absolute Gasteiger partial charge is 0.450 e. The van der Waals surface area contributed by atoms with Crippen LogP contribution in [0.3, 0.4) is 0 Å². The molecule has 0 aliphatic heterocycles. The monoisotopic (exact) mass is 331 g/mol. The molecule has 1 aromatic heterocycles. The van der Waals surface area contributed by atoms with E-state index in [-0.39, 0.29) is 11.4 Å². The minimum atomic E-state index is -0.924. The Hall–Kier alpha value is -3.22. The molecule has 0 radical (unpaired) electrons. The van der Waals surface area contributed by atoms with E-state index in [4.69, 9.17) is 9.15 Å². The van der Waals surface area contributed by atoms with Crippen molar-refractivity contribution in [2.24, 2.45) is 0 Å². The number of anilines is 1. The molecule has 1 N–H and O–H groups in total. The molecule has 0 aliphatic rings. The van der Waals surface area contributed by atoms with Gasteiger partial charge in [0.15, 0.2) is 6.61 Å². The Morgan fingerprint density at radius 3 is 2.62 bits per heavy atom. The summed E-state index contributed by atoms with van der Waals surface area (Å²) in [6.45, 7) is -0.632. The number of furan rings is 1. The molecule has 122 valence electrons. The minimum absolute atomic E-state index is 0.0445. The molecule has 3 rings (SSSR count). The molecule has 7 heteroatoms. The van der Waals surface area contributed by atoms with Gasteiger partial charge in [-0.15, -0.1) is 0 Å². The van der Waals surface area contributed by atoms with Crippen molar-refractivity contribution in [3.8, 4) is 0 Å². The SMILES string of the molecule is O=C(COC(=O)c1cc2ccccc2o1)Nc1ccc(F)cc1F. The third kappa shape index (κ3) is 3.40. The zero-order valence-corrected chi connectivity index (χ0v) is 12.2. The van der Waals surface area contributed by atoms with Gasteiger partial charge in [0.05, 0.1) is 5.69 Å². The molecule has 0 saturated heterocycles. The summed E-state index contributed by atoms with van der Waals surface area (Å²) < 4.78 is 36.3. The van der Waals surface area contributed by atoms with Crippen LogP contribution in [-0.4, -0.2) is 18.5 Å². The predicted octanol–water partition coefficient (Wildman–Crippen LogP) is 3.51. The van der Waals surface area contributed by atoms with E-state index in [1.54, 1.807) is 24.3 Å². The van der Waals surface area contributed by atoms with Gasteiger partial charge in [-0.2, -0.15) is 0 Å². The molecule has 0 atom stereocenters. The summed E-state index contributed by atoms with van der Waals surface area (Å²) in [6.07, 6.45) is 0. The average molecular weight is 331 g/mol. The number of hydrogen-bond donors (Lipinski definition) is 1. The molecule has 3 aromatic rings. The van der Waals surface area contributed by atoms with Crippen LogP contribution in [0.2, 0.25) is 0 Å². The highest BCUT2D eigenvalue weighted by Crippen LogP contribution is 2.19. The van der Waals surface area contributed by atoms with Gasteiger partial charge in [-0.05, 0) is 24.3 Å². The van der Waals surface area contributed by atoms with Gasteiger partial charge in [0.25, 0.3) is 5.91 Å². The van der Waals surface area contributed by atoms with E-state index in [9.17, 15) is 18.4 Å². The number of amides is 1. The molecule has 1 heterocycles. The molecule has 0 aliphatic carbocycles. The van der Waals surface area contributed by atoms with E-state index in [0.717, 1.165) is 17.5 Å². The van der Waals surface area contributed by atoms with Crippen LogP contribution in [0.25, 0.3) is 11.0 Å². The third-order valence-corrected chi connectivity index (χ3v) is 3.17. The van der Waals surface area contributed by atoms with Gasteiger partial charge in [-0.25, -0.2) is 13.6 Å². The van der Waals surface area contributed by atoms with Crippen molar-refractivity contribution in [3.63, 3.8) is 0 Å². The fraction of sp³-hybridized carbons (Fsp3) is 0.0588. The number of benzene rings is 2. The van der Waals surface area contributed by atoms with Crippen molar-refractivity contribution in [2.75, 3.05) is 11.9 Å². The number of rotatable bonds is 4. The normalized spacial score (nSPS) is 10.6. The van der Waals surface area contributed by atoms with Crippen LogP contribution in [0.4, 0.5) is 14.5 Å². The lowest BCUT2D eigenvalue weighted by Crippen LogP contribution is -2.21. The maximum Gasteiger partial charge on any atom is 0.374 e. The maximum atomic E-state index is 13.4. The third-order valence-electron chi connectivity index (χ3n) is 3.17. The molecule has 0 unspecified atom stereocenters. The second kappa shape index (κ2) is 6.49. The van der Waals surface area contributed by atoms with Crippen molar-refractivity contribution >= 4 is 28.5 Å². The van der Waals surface area contributed by atoms with Crippen molar-refractivity contribution in [1.82, 2.24) is 0 Å². The fourth-order valence-corrected chi connectivity index (χ4v) is 2.06. The van der Waals surface area contributed by atoms with Crippen LogP contribution in [0.1, 0.15) is 10.6 Å². The van der Waals surface area contributed by atoms with Gasteiger partial charge in [0, 0.05) is 11.5 Å². The topological polar surface area (TPSA) is 68.5 Å². The first-order valence-electron chi connectivity index (χ1n) is 6.93. The zero-order chi connectivity index (χ0) is 17.1. The second-order valence-corrected chi connectivity index (χ2v) is 4.90. The molecular weight excluding hydrogens is 320 g/mol. The number of fused-ring (bicyclic) bond motifs is 1. The van der Waals surface area contributed by atoms with E-state index in [0.29, 0.717) is 11.6 Å². The quantitative estimate of drug-likeness (QED) is 0.743. The Bertz CT molecular complexity index is 887. The summed E-state index contributed by atoms with van der Waals surface area (Å²) >= 11 is 0. The zero-order valence-electron chi connectivity index (χ0n) is 12.2. The lowest BCUT2D eigenvalue weighted by Gasteiger charge is -2.06. The van der Waals surface area contributed by atoms with Gasteiger partial charge < -0.3 is 14.5 Å². The number of hydrogen-bond acceptors (Lipinski definition) is 4. The van der Waals surface area contributed by atoms with Crippen LogP contribution in [0.15, 0.2) is 52.9 Å². The highest BCUT2D eigenvalue weighted by atomic mass is 19.1. The number of carbonyl (C=O) groups is 2. The summed E-state index contributed by atoms with van der Waals surface area (Å²) in [5, 5.41) is 2.91. The van der Waals surface area contributed by atoms with Crippen molar-refractivity contribution < 1.29 is 27.5 Å². The first kappa shape index (κ1) is 15.7. The molecule has 1 amide bonds. The molecule has 0 saturated carbocycles. The van der Waals surface area contributed by atoms with Crippen LogP contribution >= 0.6 is 0 Å². The standard InChI is InChI=1S/C17H11F2NO4/c18-11-5-6-13(12(19)8-11)20-16(21)9-23-17(22)15-7-10-3-1-2-4-14(10)24-15/h1-8H,9H2,(H,20,21). The van der Waals surface area contributed by atoms with Crippen molar-refractivity contribution in [1.29, 1.82) is 0 Å². The van der Waals surface area contributed by atoms with Gasteiger partial charge >= 0.3 is 5.97 Å². The molecule has 0 spiro atoms. The van der Waals surface area contributed by atoms with E-state index in [1.165, 1.54) is 6.07 Å². The van der Waals surface area contributed by atoms with Crippen molar-refractivity contribution in [2.45, 2.75) is 0 Å². The van der Waals surface area contributed by atoms with Gasteiger partial charge in [-0.3, -0.25) is 4.79 Å². The minimum Gasteiger partial charge on any atom is -0.450 e. The summed E-state index contributed by atoms with van der Waals surface area (Å²) in [5.74, 6) is -3.31. The maximum absolute atomic E-state index is 13.4. The first-order valence-corrected chi connectivity index (χ1v) is 6.93.